The van der Waals surface area contributed by atoms with Crippen molar-refractivity contribution in [2.24, 2.45) is 0 Å². The van der Waals surface area contributed by atoms with E-state index in [4.69, 9.17) is 8.85 Å². The maximum Gasteiger partial charge on any atom is 0.305 e. The second-order valence-electron chi connectivity index (χ2n) is 15.4. The third kappa shape index (κ3) is 8.39. The Kier molecular flexibility index (Phi) is 11.0. The highest BCUT2D eigenvalue weighted by Crippen LogP contribution is 2.42. The number of fused-ring (bicyclic) bond motifs is 1. The van der Waals surface area contributed by atoms with Gasteiger partial charge in [0, 0.05) is 34.6 Å². The number of halogens is 1. The maximum absolute atomic E-state index is 14.0. The van der Waals surface area contributed by atoms with E-state index < -0.39 is 28.7 Å². The van der Waals surface area contributed by atoms with E-state index in [1.54, 1.807) is 0 Å². The second kappa shape index (κ2) is 13.5. The van der Waals surface area contributed by atoms with Crippen molar-refractivity contribution >= 4 is 39.6 Å². The molecule has 0 spiro atoms. The van der Waals surface area contributed by atoms with Crippen LogP contribution in [0.15, 0.2) is 54.6 Å². The highest BCUT2D eigenvalue weighted by molar-refractivity contribution is 6.74. The fourth-order valence-corrected chi connectivity index (χ4v) is 7.71. The summed E-state index contributed by atoms with van der Waals surface area (Å²) in [5.41, 5.74) is 4.09. The van der Waals surface area contributed by atoms with Crippen molar-refractivity contribution in [3.8, 4) is 11.1 Å². The molecule has 0 saturated carbocycles. The van der Waals surface area contributed by atoms with Crippen molar-refractivity contribution in [3.05, 3.63) is 66.1 Å². The largest absolute Gasteiger partial charge is 0.481 e. The molecule has 242 valence electrons. The average molecular weight is 640 g/mol. The van der Waals surface area contributed by atoms with Gasteiger partial charge in [-0.05, 0) is 80.0 Å². The molecule has 0 bridgehead atoms. The van der Waals surface area contributed by atoms with E-state index in [2.05, 4.69) is 110 Å². The first-order chi connectivity index (χ1) is 20.1. The number of aliphatic carboxylic acids is 1. The Bertz CT molecular complexity index is 1460. The third-order valence-corrected chi connectivity index (χ3v) is 18.5. The summed E-state index contributed by atoms with van der Waals surface area (Å²) in [5, 5.41) is 10.9. The van der Waals surface area contributed by atoms with Gasteiger partial charge < -0.3 is 18.5 Å². The molecule has 0 aliphatic heterocycles. The topological polar surface area (TPSA) is 60.7 Å². The van der Waals surface area contributed by atoms with Gasteiger partial charge in [0.25, 0.3) is 0 Å². The fraction of sp³-hybridized carbons (Fsp3) is 0.528. The Morgan fingerprint density at radius 3 is 1.98 bits per heavy atom. The number of hydrogen-bond acceptors (Lipinski definition) is 3. The Balaban J connectivity index is 2.19. The first-order valence-corrected chi connectivity index (χ1v) is 21.6. The number of carboxylic acid groups (broad SMARTS) is 1. The minimum Gasteiger partial charge on any atom is -0.481 e. The lowest BCUT2D eigenvalue weighted by molar-refractivity contribution is -0.139. The van der Waals surface area contributed by atoms with Crippen molar-refractivity contribution in [1.82, 2.24) is 4.57 Å². The molecule has 0 fully saturated rings. The van der Waals surface area contributed by atoms with Gasteiger partial charge in [-0.3, -0.25) is 4.79 Å². The summed E-state index contributed by atoms with van der Waals surface area (Å²) in [6.07, 6.45) is 3.75. The number of nitrogens with zero attached hydrogens (tertiary/aromatic N) is 1. The van der Waals surface area contributed by atoms with E-state index in [-0.39, 0.29) is 34.5 Å². The molecular formula is C36H54FNO4Si2. The lowest BCUT2D eigenvalue weighted by atomic mass is 10.0. The molecule has 0 saturated heterocycles. The van der Waals surface area contributed by atoms with Crippen molar-refractivity contribution in [3.63, 3.8) is 0 Å². The molecular weight excluding hydrogens is 586 g/mol. The van der Waals surface area contributed by atoms with Crippen LogP contribution in [-0.2, 0) is 13.6 Å². The number of hydrogen-bond donors (Lipinski definition) is 1. The zero-order valence-corrected chi connectivity index (χ0v) is 30.9. The first kappa shape index (κ1) is 35.9. The molecule has 3 aromatic rings. The molecule has 8 heteroatoms. The van der Waals surface area contributed by atoms with Gasteiger partial charge in [-0.25, -0.2) is 4.39 Å². The van der Waals surface area contributed by atoms with Crippen LogP contribution >= 0.6 is 0 Å². The molecule has 44 heavy (non-hydrogen) atoms. The van der Waals surface area contributed by atoms with E-state index in [1.165, 1.54) is 12.1 Å². The highest BCUT2D eigenvalue weighted by Gasteiger charge is 2.42. The minimum atomic E-state index is -2.25. The second-order valence-corrected chi connectivity index (χ2v) is 24.9. The van der Waals surface area contributed by atoms with Crippen LogP contribution in [-0.4, -0.2) is 44.5 Å². The van der Waals surface area contributed by atoms with Crippen LogP contribution in [0.5, 0.6) is 0 Å². The normalized spacial score (nSPS) is 15.0. The Hall–Kier alpha value is -2.53. The molecule has 0 radical (unpaired) electrons. The van der Waals surface area contributed by atoms with Crippen molar-refractivity contribution < 1.29 is 23.1 Å². The average Bonchev–Trinajstić information content (AvgIpc) is 3.20. The van der Waals surface area contributed by atoms with Gasteiger partial charge in [0.2, 0.25) is 0 Å². The van der Waals surface area contributed by atoms with Crippen LogP contribution < -0.4 is 0 Å². The fourth-order valence-electron chi connectivity index (χ4n) is 5.06. The number of benzene rings is 2. The molecule has 1 aromatic heterocycles. The monoisotopic (exact) mass is 639 g/mol. The Morgan fingerprint density at radius 1 is 0.909 bits per heavy atom. The van der Waals surface area contributed by atoms with E-state index in [9.17, 15) is 14.3 Å². The molecule has 2 atom stereocenters. The zero-order chi connectivity index (χ0) is 33.3. The van der Waals surface area contributed by atoms with Gasteiger partial charge >= 0.3 is 5.97 Å². The van der Waals surface area contributed by atoms with Crippen LogP contribution in [0.3, 0.4) is 0 Å². The van der Waals surface area contributed by atoms with Crippen molar-refractivity contribution in [1.29, 1.82) is 0 Å². The first-order valence-electron chi connectivity index (χ1n) is 15.8. The molecule has 1 N–H and O–H groups in total. The number of rotatable bonds is 12. The van der Waals surface area contributed by atoms with Crippen LogP contribution in [0.1, 0.15) is 80.0 Å². The standard InChI is InChI=1S/C36H54FNO4Si2/c1-25(2)38-31-16-14-13-15-30(31)34(26-17-19-27(37)20-18-26)32(38)22-21-28(41-43(9,10)35(3,4)5)23-29(24-33(39)40)42-44(11,12)36(6,7)8/h13-22,25,28-29H,23-24H2,1-12H3,(H,39,40)/b22-21+/t28-,29-/m1/s1. The molecule has 0 aliphatic carbocycles. The van der Waals surface area contributed by atoms with Crippen LogP contribution in [0.25, 0.3) is 28.1 Å². The third-order valence-electron chi connectivity index (χ3n) is 9.48. The SMILES string of the molecule is CC(C)n1c(/C=C/[C@H](C[C@H](CC(=O)O)O[Si](C)(C)C(C)(C)C)O[Si](C)(C)C(C)(C)C)c(-c2ccc(F)cc2)c2ccccc21. The summed E-state index contributed by atoms with van der Waals surface area (Å²) >= 11 is 0. The number of aromatic nitrogens is 1. The number of carboxylic acids is 1. The summed E-state index contributed by atoms with van der Waals surface area (Å²) in [6, 6.07) is 15.1. The zero-order valence-electron chi connectivity index (χ0n) is 28.9. The van der Waals surface area contributed by atoms with Crippen molar-refractivity contribution in [2.75, 3.05) is 0 Å². The van der Waals surface area contributed by atoms with E-state index in [0.717, 1.165) is 27.7 Å². The van der Waals surface area contributed by atoms with Crippen LogP contribution in [0.4, 0.5) is 4.39 Å². The Labute approximate surface area is 266 Å². The number of carbonyl (C=O) groups is 1. The number of para-hydroxylation sites is 1. The summed E-state index contributed by atoms with van der Waals surface area (Å²) in [5.74, 6) is -1.14. The lowest BCUT2D eigenvalue weighted by Crippen LogP contribution is -2.47. The predicted molar refractivity (Wildman–Crippen MR) is 188 cm³/mol. The molecule has 0 unspecified atom stereocenters. The molecule has 5 nitrogen and oxygen atoms in total. The van der Waals surface area contributed by atoms with Gasteiger partial charge in [-0.15, -0.1) is 0 Å². The Morgan fingerprint density at radius 2 is 1.45 bits per heavy atom. The van der Waals surface area contributed by atoms with Gasteiger partial charge in [-0.2, -0.15) is 0 Å². The summed E-state index contributed by atoms with van der Waals surface area (Å²) in [4.78, 5) is 12.1. The lowest BCUT2D eigenvalue weighted by Gasteiger charge is -2.42. The van der Waals surface area contributed by atoms with Crippen LogP contribution in [0.2, 0.25) is 36.3 Å². The molecule has 2 aromatic carbocycles. The summed E-state index contributed by atoms with van der Waals surface area (Å²) in [7, 11) is -4.50. The van der Waals surface area contributed by atoms with E-state index in [0.29, 0.717) is 6.42 Å². The quantitative estimate of drug-likeness (QED) is 0.200. The van der Waals surface area contributed by atoms with Gasteiger partial charge in [0.05, 0.1) is 18.6 Å². The molecule has 1 heterocycles. The summed E-state index contributed by atoms with van der Waals surface area (Å²) < 4.78 is 30.0. The van der Waals surface area contributed by atoms with Crippen LogP contribution in [0, 0.1) is 5.82 Å². The summed E-state index contributed by atoms with van der Waals surface area (Å²) in [6.45, 7) is 26.3. The van der Waals surface area contributed by atoms with E-state index >= 15 is 0 Å². The van der Waals surface area contributed by atoms with Gasteiger partial charge in [-0.1, -0.05) is 78.0 Å². The van der Waals surface area contributed by atoms with E-state index in [1.807, 2.05) is 24.3 Å². The molecule has 0 amide bonds. The predicted octanol–water partition coefficient (Wildman–Crippen LogP) is 10.7. The molecule has 0 aliphatic rings. The minimum absolute atomic E-state index is 0.0340. The maximum atomic E-state index is 14.0. The highest BCUT2D eigenvalue weighted by atomic mass is 28.4. The van der Waals surface area contributed by atoms with Gasteiger partial charge in [0.1, 0.15) is 5.82 Å². The smallest absolute Gasteiger partial charge is 0.305 e. The van der Waals surface area contributed by atoms with Crippen molar-refractivity contribution in [2.45, 2.75) is 123 Å². The van der Waals surface area contributed by atoms with Gasteiger partial charge in [0.15, 0.2) is 16.6 Å². The molecule has 3 rings (SSSR count).